The van der Waals surface area contributed by atoms with Crippen molar-refractivity contribution in [3.05, 3.63) is 86.3 Å². The highest BCUT2D eigenvalue weighted by Gasteiger charge is 2.22. The summed E-state index contributed by atoms with van der Waals surface area (Å²) in [6.45, 7) is 1.99. The van der Waals surface area contributed by atoms with Crippen LogP contribution in [-0.4, -0.2) is 14.9 Å². The van der Waals surface area contributed by atoms with Gasteiger partial charge in [-0.25, -0.2) is 9.97 Å². The van der Waals surface area contributed by atoms with Crippen molar-refractivity contribution >= 4 is 32.4 Å². The van der Waals surface area contributed by atoms with Crippen LogP contribution in [0.25, 0.3) is 27.7 Å². The van der Waals surface area contributed by atoms with Crippen LogP contribution in [-0.2, 0) is 0 Å². The molecule has 5 nitrogen and oxygen atoms in total. The summed E-state index contributed by atoms with van der Waals surface area (Å²) < 4.78 is 0.951. The third-order valence-electron chi connectivity index (χ3n) is 4.71. The molecule has 6 heteroatoms. The van der Waals surface area contributed by atoms with E-state index in [4.69, 9.17) is 9.97 Å². The fourth-order valence-corrected chi connectivity index (χ4v) is 3.61. The van der Waals surface area contributed by atoms with Crippen LogP contribution in [0.15, 0.2) is 70.3 Å². The molecule has 0 fully saturated rings. The summed E-state index contributed by atoms with van der Waals surface area (Å²) in [5, 5.41) is 12.2. The Bertz CT molecular complexity index is 1120. The van der Waals surface area contributed by atoms with Crippen LogP contribution in [0.1, 0.15) is 25.6 Å². The van der Waals surface area contributed by atoms with E-state index in [9.17, 15) is 10.1 Å². The van der Waals surface area contributed by atoms with Crippen molar-refractivity contribution in [1.82, 2.24) is 9.97 Å². The molecule has 0 atom stereocenters. The monoisotopic (exact) mass is 421 g/mol. The van der Waals surface area contributed by atoms with E-state index in [2.05, 4.69) is 15.9 Å². The summed E-state index contributed by atoms with van der Waals surface area (Å²) in [7, 11) is 0. The normalized spacial score (nSPS) is 14.4. The highest BCUT2D eigenvalue weighted by molar-refractivity contribution is 9.10. The van der Waals surface area contributed by atoms with Crippen molar-refractivity contribution in [3.8, 4) is 11.3 Å². The molecular weight excluding hydrogens is 406 g/mol. The molecule has 1 aromatic heterocycles. The van der Waals surface area contributed by atoms with Gasteiger partial charge in [0.15, 0.2) is 5.82 Å². The number of hydrogen-bond donors (Lipinski definition) is 0. The summed E-state index contributed by atoms with van der Waals surface area (Å²) >= 11 is 3.52. The van der Waals surface area contributed by atoms with Crippen molar-refractivity contribution in [2.45, 2.75) is 19.8 Å². The van der Waals surface area contributed by atoms with Gasteiger partial charge in [-0.2, -0.15) is 0 Å². The van der Waals surface area contributed by atoms with Crippen molar-refractivity contribution in [1.29, 1.82) is 0 Å². The fourth-order valence-electron chi connectivity index (χ4n) is 3.25. The first-order valence-electron chi connectivity index (χ1n) is 8.61. The van der Waals surface area contributed by atoms with Gasteiger partial charge in [-0.1, -0.05) is 51.8 Å². The molecule has 3 aromatic rings. The minimum Gasteiger partial charge on any atom is -0.259 e. The summed E-state index contributed by atoms with van der Waals surface area (Å²) in [6.07, 6.45) is 2.70. The van der Waals surface area contributed by atoms with Gasteiger partial charge in [0.05, 0.1) is 16.1 Å². The van der Waals surface area contributed by atoms with Gasteiger partial charge >= 0.3 is 0 Å². The molecule has 0 saturated heterocycles. The molecule has 0 spiro atoms. The highest BCUT2D eigenvalue weighted by atomic mass is 79.9. The van der Waals surface area contributed by atoms with E-state index < -0.39 is 0 Å². The molecule has 0 saturated carbocycles. The Morgan fingerprint density at radius 3 is 2.59 bits per heavy atom. The number of hydrogen-bond acceptors (Lipinski definition) is 4. The lowest BCUT2D eigenvalue weighted by atomic mass is 9.95. The van der Waals surface area contributed by atoms with Gasteiger partial charge in [0, 0.05) is 33.5 Å². The van der Waals surface area contributed by atoms with Gasteiger partial charge in [0.1, 0.15) is 0 Å². The first kappa shape index (κ1) is 17.5. The quantitative estimate of drug-likeness (QED) is 0.396. The van der Waals surface area contributed by atoms with E-state index in [-0.39, 0.29) is 10.6 Å². The number of nitro groups is 1. The first-order valence-corrected chi connectivity index (χ1v) is 9.40. The van der Waals surface area contributed by atoms with Crippen LogP contribution in [0.4, 0.5) is 0 Å². The number of rotatable bonds is 3. The van der Waals surface area contributed by atoms with Crippen molar-refractivity contribution in [2.75, 3.05) is 0 Å². The predicted octanol–water partition coefficient (Wildman–Crippen LogP) is 5.79. The van der Waals surface area contributed by atoms with Crippen molar-refractivity contribution in [3.63, 3.8) is 0 Å². The van der Waals surface area contributed by atoms with E-state index in [0.717, 1.165) is 37.8 Å². The third kappa shape index (κ3) is 3.40. The molecule has 1 aliphatic carbocycles. The van der Waals surface area contributed by atoms with Crippen LogP contribution < -0.4 is 0 Å². The molecule has 2 aromatic carbocycles. The molecule has 0 N–H and O–H groups in total. The summed E-state index contributed by atoms with van der Waals surface area (Å²) in [4.78, 5) is 20.5. The number of allylic oxidation sites excluding steroid dienone is 4. The number of aromatic nitrogens is 2. The minimum atomic E-state index is -0.317. The van der Waals surface area contributed by atoms with Gasteiger partial charge in [-0.05, 0) is 31.5 Å². The van der Waals surface area contributed by atoms with Crippen LogP contribution >= 0.6 is 15.9 Å². The summed E-state index contributed by atoms with van der Waals surface area (Å²) in [5.41, 5.74) is 4.63. The minimum absolute atomic E-state index is 0.205. The van der Waals surface area contributed by atoms with Gasteiger partial charge < -0.3 is 0 Å². The molecule has 1 aliphatic rings. The average Bonchev–Trinajstić information content (AvgIpc) is 2.68. The molecule has 0 unspecified atom stereocenters. The fraction of sp³-hybridized carbons (Fsp3) is 0.143. The summed E-state index contributed by atoms with van der Waals surface area (Å²) in [6, 6.07) is 15.8. The SMILES string of the molecule is CC1=C(c2nc(-c3ccccc3)c3cc(Br)ccc3n2)C=C([N+](=O)[O-])CC1. The molecule has 134 valence electrons. The molecular formula is C21H16BrN3O2. The van der Waals surface area contributed by atoms with Crippen LogP contribution in [0, 0.1) is 10.1 Å². The second kappa shape index (κ2) is 7.04. The topological polar surface area (TPSA) is 68.9 Å². The Balaban J connectivity index is 1.98. The van der Waals surface area contributed by atoms with Crippen molar-refractivity contribution in [2.24, 2.45) is 0 Å². The lowest BCUT2D eigenvalue weighted by Gasteiger charge is -2.15. The largest absolute Gasteiger partial charge is 0.259 e. The molecule has 27 heavy (non-hydrogen) atoms. The predicted molar refractivity (Wildman–Crippen MR) is 110 cm³/mol. The first-order chi connectivity index (χ1) is 13.0. The van der Waals surface area contributed by atoms with E-state index in [1.54, 1.807) is 6.08 Å². The zero-order valence-corrected chi connectivity index (χ0v) is 16.2. The second-order valence-corrected chi connectivity index (χ2v) is 7.43. The Morgan fingerprint density at radius 1 is 1.07 bits per heavy atom. The number of nitrogens with zero attached hydrogens (tertiary/aromatic N) is 3. The van der Waals surface area contributed by atoms with Gasteiger partial charge in [0.25, 0.3) is 0 Å². The van der Waals surface area contributed by atoms with Crippen molar-refractivity contribution < 1.29 is 4.92 Å². The maximum Gasteiger partial charge on any atom is 0.247 e. The molecule has 0 bridgehead atoms. The smallest absolute Gasteiger partial charge is 0.247 e. The maximum absolute atomic E-state index is 11.2. The zero-order valence-electron chi connectivity index (χ0n) is 14.6. The molecule has 0 amide bonds. The van der Waals surface area contributed by atoms with E-state index in [1.165, 1.54) is 0 Å². The molecule has 1 heterocycles. The van der Waals surface area contributed by atoms with Crippen LogP contribution in [0.3, 0.4) is 0 Å². The highest BCUT2D eigenvalue weighted by Crippen LogP contribution is 2.33. The molecule has 0 aliphatic heterocycles. The lowest BCUT2D eigenvalue weighted by Crippen LogP contribution is -2.07. The van der Waals surface area contributed by atoms with Gasteiger partial charge in [0.2, 0.25) is 5.70 Å². The Labute approximate surface area is 164 Å². The van der Waals surface area contributed by atoms with Gasteiger partial charge in [-0.15, -0.1) is 0 Å². The molecule has 4 rings (SSSR count). The number of halogens is 1. The number of fused-ring (bicyclic) bond motifs is 1. The Morgan fingerprint density at radius 2 is 1.85 bits per heavy atom. The Kier molecular flexibility index (Phi) is 4.58. The van der Waals surface area contributed by atoms with Crippen LogP contribution in [0.5, 0.6) is 0 Å². The number of benzene rings is 2. The maximum atomic E-state index is 11.2. The average molecular weight is 422 g/mol. The molecule has 0 radical (unpaired) electrons. The second-order valence-electron chi connectivity index (χ2n) is 6.51. The lowest BCUT2D eigenvalue weighted by molar-refractivity contribution is -0.428. The zero-order chi connectivity index (χ0) is 19.0. The Hall–Kier alpha value is -2.86. The van der Waals surface area contributed by atoms with Crippen LogP contribution in [0.2, 0.25) is 0 Å². The summed E-state index contributed by atoms with van der Waals surface area (Å²) in [5.74, 6) is 0.528. The van der Waals surface area contributed by atoms with E-state index >= 15 is 0 Å². The van der Waals surface area contributed by atoms with Gasteiger partial charge in [-0.3, -0.25) is 10.1 Å². The third-order valence-corrected chi connectivity index (χ3v) is 5.20. The van der Waals surface area contributed by atoms with E-state index in [0.29, 0.717) is 18.7 Å². The standard InChI is InChI=1S/C21H16BrN3O2/c1-13-7-9-16(25(26)27)12-17(13)21-23-19-10-8-15(22)11-18(19)20(24-21)14-5-3-2-4-6-14/h2-6,8,10-12H,7,9H2,1H3. The van der Waals surface area contributed by atoms with E-state index in [1.807, 2.05) is 55.5 Å².